The van der Waals surface area contributed by atoms with Crippen LogP contribution in [0.2, 0.25) is 0 Å². The van der Waals surface area contributed by atoms with Crippen LogP contribution in [-0.2, 0) is 10.8 Å². The molecule has 7 heteroatoms. The van der Waals surface area contributed by atoms with E-state index in [1.54, 1.807) is 18.4 Å². The van der Waals surface area contributed by atoms with Crippen molar-refractivity contribution in [3.63, 3.8) is 0 Å². The summed E-state index contributed by atoms with van der Waals surface area (Å²) in [6, 6.07) is 3.31. The number of aromatic nitrogens is 2. The third kappa shape index (κ3) is 2.67. The van der Waals surface area contributed by atoms with Gasteiger partial charge in [0.05, 0.1) is 28.6 Å². The van der Waals surface area contributed by atoms with Crippen molar-refractivity contribution >= 4 is 33.1 Å². The highest BCUT2D eigenvalue weighted by atomic mass is 32.2. The van der Waals surface area contributed by atoms with Gasteiger partial charge in [0.2, 0.25) is 0 Å². The Kier molecular flexibility index (Phi) is 3.61. The molecule has 1 unspecified atom stereocenters. The molecule has 1 aromatic heterocycles. The predicted molar refractivity (Wildman–Crippen MR) is 74.2 cm³/mol. The summed E-state index contributed by atoms with van der Waals surface area (Å²) in [5.74, 6) is 0.542. The Morgan fingerprint density at radius 2 is 2.28 bits per heavy atom. The van der Waals surface area contributed by atoms with E-state index in [1.807, 2.05) is 0 Å². The van der Waals surface area contributed by atoms with E-state index in [0.717, 1.165) is 0 Å². The van der Waals surface area contributed by atoms with Gasteiger partial charge in [-0.25, -0.2) is 4.98 Å². The molecular weight excluding hydrogens is 252 g/mol. The largest absolute Gasteiger partial charge is 0.397 e. The van der Waals surface area contributed by atoms with Crippen molar-refractivity contribution in [3.05, 3.63) is 28.8 Å². The second-order valence-electron chi connectivity index (χ2n) is 3.89. The number of nitrogen functional groups attached to an aromatic ring is 1. The van der Waals surface area contributed by atoms with Crippen LogP contribution in [0.3, 0.4) is 0 Å². The van der Waals surface area contributed by atoms with E-state index in [1.165, 1.54) is 6.33 Å². The second-order valence-corrected chi connectivity index (χ2v) is 5.45. The quantitative estimate of drug-likeness (QED) is 0.691. The van der Waals surface area contributed by atoms with E-state index in [4.69, 9.17) is 5.73 Å². The third-order valence-electron chi connectivity index (χ3n) is 2.52. The highest BCUT2D eigenvalue weighted by Gasteiger charge is 2.05. The van der Waals surface area contributed by atoms with E-state index in [0.29, 0.717) is 34.6 Å². The zero-order valence-corrected chi connectivity index (χ0v) is 10.7. The molecule has 0 fully saturated rings. The Bertz CT molecular complexity index is 653. The molecule has 0 spiro atoms. The predicted octanol–water partition coefficient (Wildman–Crippen LogP) is 0.296. The number of rotatable bonds is 4. The molecule has 2 rings (SSSR count). The van der Waals surface area contributed by atoms with Crippen LogP contribution in [0, 0.1) is 0 Å². The fraction of sp³-hybridized carbons (Fsp3) is 0.273. The molecule has 1 heterocycles. The molecular formula is C11H14N4O2S. The summed E-state index contributed by atoms with van der Waals surface area (Å²) >= 11 is 0. The van der Waals surface area contributed by atoms with Crippen molar-refractivity contribution in [1.29, 1.82) is 0 Å². The minimum absolute atomic E-state index is 0.215. The number of nitrogens with one attached hydrogen (secondary N) is 2. The van der Waals surface area contributed by atoms with Crippen LogP contribution in [0.5, 0.6) is 0 Å². The van der Waals surface area contributed by atoms with Gasteiger partial charge in [-0.05, 0) is 12.1 Å². The standard InChI is InChI=1S/C11H14N4O2S/c1-18(17)3-2-13-10-5-9-7(4-8(10)12)11(16)15-6-14-9/h4-6,13H,2-3,12H2,1H3,(H,14,15,16). The first-order chi connectivity index (χ1) is 8.58. The van der Waals surface area contributed by atoms with Crippen molar-refractivity contribution in [1.82, 2.24) is 9.97 Å². The topological polar surface area (TPSA) is 101 Å². The van der Waals surface area contributed by atoms with Crippen molar-refractivity contribution in [2.24, 2.45) is 0 Å². The zero-order valence-electron chi connectivity index (χ0n) is 9.90. The lowest BCUT2D eigenvalue weighted by Crippen LogP contribution is -2.12. The molecule has 96 valence electrons. The van der Waals surface area contributed by atoms with Gasteiger partial charge < -0.3 is 16.0 Å². The van der Waals surface area contributed by atoms with Crippen LogP contribution in [0.1, 0.15) is 0 Å². The summed E-state index contributed by atoms with van der Waals surface area (Å²) in [6.45, 7) is 0.558. The number of aromatic amines is 1. The summed E-state index contributed by atoms with van der Waals surface area (Å²) < 4.78 is 11.0. The van der Waals surface area contributed by atoms with Crippen molar-refractivity contribution in [3.8, 4) is 0 Å². The van der Waals surface area contributed by atoms with E-state index in [9.17, 15) is 9.00 Å². The van der Waals surface area contributed by atoms with Crippen molar-refractivity contribution in [2.75, 3.05) is 29.6 Å². The number of anilines is 2. The Balaban J connectivity index is 2.32. The highest BCUT2D eigenvalue weighted by molar-refractivity contribution is 7.84. The molecule has 0 aliphatic carbocycles. The SMILES string of the molecule is CS(=O)CCNc1cc2nc[nH]c(=O)c2cc1N. The normalized spacial score (nSPS) is 12.5. The first-order valence-electron chi connectivity index (χ1n) is 5.39. The Morgan fingerprint density at radius 1 is 1.50 bits per heavy atom. The van der Waals surface area contributed by atoms with E-state index < -0.39 is 10.8 Å². The van der Waals surface area contributed by atoms with E-state index in [2.05, 4.69) is 15.3 Å². The van der Waals surface area contributed by atoms with Crippen LogP contribution >= 0.6 is 0 Å². The van der Waals surface area contributed by atoms with Crippen molar-refractivity contribution in [2.45, 2.75) is 0 Å². The summed E-state index contributed by atoms with van der Waals surface area (Å²) in [5.41, 5.74) is 7.39. The van der Waals surface area contributed by atoms with Gasteiger partial charge in [0.25, 0.3) is 5.56 Å². The summed E-state index contributed by atoms with van der Waals surface area (Å²) in [7, 11) is -0.851. The molecule has 6 nitrogen and oxygen atoms in total. The molecule has 0 saturated heterocycles. The Labute approximate surface area is 106 Å². The average Bonchev–Trinajstić information content (AvgIpc) is 2.31. The molecule has 0 aliphatic rings. The second kappa shape index (κ2) is 5.18. The van der Waals surface area contributed by atoms with Gasteiger partial charge in [-0.1, -0.05) is 0 Å². The zero-order chi connectivity index (χ0) is 13.1. The number of hydrogen-bond acceptors (Lipinski definition) is 5. The van der Waals surface area contributed by atoms with Gasteiger partial charge in [0.1, 0.15) is 0 Å². The van der Waals surface area contributed by atoms with Gasteiger partial charge in [-0.15, -0.1) is 0 Å². The lowest BCUT2D eigenvalue weighted by Gasteiger charge is -2.09. The lowest BCUT2D eigenvalue weighted by molar-refractivity contribution is 0.687. The van der Waals surface area contributed by atoms with E-state index >= 15 is 0 Å². The van der Waals surface area contributed by atoms with E-state index in [-0.39, 0.29) is 5.56 Å². The first-order valence-corrected chi connectivity index (χ1v) is 7.11. The molecule has 1 atom stereocenters. The number of fused-ring (bicyclic) bond motifs is 1. The maximum absolute atomic E-state index is 11.5. The molecule has 0 amide bonds. The van der Waals surface area contributed by atoms with Crippen molar-refractivity contribution < 1.29 is 4.21 Å². The summed E-state index contributed by atoms with van der Waals surface area (Å²) in [5, 5.41) is 3.54. The fourth-order valence-corrected chi connectivity index (χ4v) is 2.00. The molecule has 18 heavy (non-hydrogen) atoms. The minimum atomic E-state index is -0.851. The number of nitrogens with zero attached hydrogens (tertiary/aromatic N) is 1. The fourth-order valence-electron chi connectivity index (χ4n) is 1.61. The lowest BCUT2D eigenvalue weighted by atomic mass is 10.2. The van der Waals surface area contributed by atoms with Gasteiger partial charge in [-0.2, -0.15) is 0 Å². The monoisotopic (exact) mass is 266 g/mol. The minimum Gasteiger partial charge on any atom is -0.397 e. The van der Waals surface area contributed by atoms with Crippen LogP contribution in [-0.4, -0.2) is 32.7 Å². The maximum Gasteiger partial charge on any atom is 0.258 e. The van der Waals surface area contributed by atoms with Gasteiger partial charge in [0, 0.05) is 29.4 Å². The number of benzene rings is 1. The summed E-state index contributed by atoms with van der Waals surface area (Å²) in [6.07, 6.45) is 3.00. The number of H-pyrrole nitrogens is 1. The van der Waals surface area contributed by atoms with Crippen LogP contribution in [0.15, 0.2) is 23.3 Å². The number of hydrogen-bond donors (Lipinski definition) is 3. The molecule has 0 bridgehead atoms. The van der Waals surface area contributed by atoms with Crippen LogP contribution < -0.4 is 16.6 Å². The molecule has 4 N–H and O–H groups in total. The summed E-state index contributed by atoms with van der Waals surface area (Å²) in [4.78, 5) is 18.1. The molecule has 1 aromatic carbocycles. The smallest absolute Gasteiger partial charge is 0.258 e. The molecule has 0 saturated carbocycles. The Morgan fingerprint density at radius 3 is 3.00 bits per heavy atom. The highest BCUT2D eigenvalue weighted by Crippen LogP contribution is 2.22. The molecule has 2 aromatic rings. The van der Waals surface area contributed by atoms with Gasteiger partial charge in [-0.3, -0.25) is 9.00 Å². The Hall–Kier alpha value is -1.89. The molecule has 0 aliphatic heterocycles. The van der Waals surface area contributed by atoms with Crippen LogP contribution in [0.4, 0.5) is 11.4 Å². The number of nitrogens with two attached hydrogens (primary N) is 1. The van der Waals surface area contributed by atoms with Gasteiger partial charge in [0.15, 0.2) is 0 Å². The molecule has 0 radical (unpaired) electrons. The first kappa shape index (κ1) is 12.6. The maximum atomic E-state index is 11.5. The van der Waals surface area contributed by atoms with Crippen LogP contribution in [0.25, 0.3) is 10.9 Å². The van der Waals surface area contributed by atoms with Gasteiger partial charge >= 0.3 is 0 Å². The average molecular weight is 266 g/mol. The third-order valence-corrected chi connectivity index (χ3v) is 3.30.